The first-order valence-electron chi connectivity index (χ1n) is 7.74. The number of aromatic nitrogens is 1. The highest BCUT2D eigenvalue weighted by molar-refractivity contribution is 7.09. The van der Waals surface area contributed by atoms with Crippen molar-refractivity contribution in [3.05, 3.63) is 46.4 Å². The van der Waals surface area contributed by atoms with E-state index in [1.165, 1.54) is 0 Å². The summed E-state index contributed by atoms with van der Waals surface area (Å²) in [4.78, 5) is 16.8. The van der Waals surface area contributed by atoms with Crippen LogP contribution < -0.4 is 10.6 Å². The molecule has 0 aliphatic carbocycles. The molecule has 0 saturated carbocycles. The lowest BCUT2D eigenvalue weighted by Gasteiger charge is -2.27. The predicted molar refractivity (Wildman–Crippen MR) is 93.7 cm³/mol. The summed E-state index contributed by atoms with van der Waals surface area (Å²) in [7, 11) is 0. The summed E-state index contributed by atoms with van der Waals surface area (Å²) in [6, 6.07) is 7.41. The van der Waals surface area contributed by atoms with E-state index >= 15 is 0 Å². The molecule has 1 unspecified atom stereocenters. The topological polar surface area (TPSA) is 63.2 Å². The number of hydrogen-bond donors (Lipinski definition) is 2. The summed E-state index contributed by atoms with van der Waals surface area (Å²) in [5, 5.41) is 8.77. The molecule has 2 rings (SSSR count). The number of thiazole rings is 1. The van der Waals surface area contributed by atoms with E-state index in [-0.39, 0.29) is 6.03 Å². The Morgan fingerprint density at radius 1 is 1.35 bits per heavy atom. The third-order valence-corrected chi connectivity index (χ3v) is 4.77. The zero-order chi connectivity index (χ0) is 16.7. The lowest BCUT2D eigenvalue weighted by Crippen LogP contribution is -2.45. The molecule has 124 valence electrons. The smallest absolute Gasteiger partial charge is 0.320 e. The summed E-state index contributed by atoms with van der Waals surface area (Å²) >= 11 is 1.54. The van der Waals surface area contributed by atoms with Gasteiger partial charge in [-0.2, -0.15) is 0 Å². The zero-order valence-corrected chi connectivity index (χ0v) is 14.6. The highest BCUT2D eigenvalue weighted by Gasteiger charge is 2.29. The number of nitrogens with zero attached hydrogens (tertiary/aromatic N) is 1. The van der Waals surface area contributed by atoms with Gasteiger partial charge in [0.25, 0.3) is 0 Å². The van der Waals surface area contributed by atoms with Crippen molar-refractivity contribution in [2.24, 2.45) is 0 Å². The molecule has 0 bridgehead atoms. The first kappa shape index (κ1) is 17.4. The SMILES string of the molecule is CCOCc1ccccc1NC(=O)NC(C)(CC)c1nccs1. The van der Waals surface area contributed by atoms with Crippen LogP contribution >= 0.6 is 11.3 Å². The molecule has 2 aromatic rings. The van der Waals surface area contributed by atoms with E-state index in [9.17, 15) is 4.79 Å². The fourth-order valence-corrected chi connectivity index (χ4v) is 3.00. The van der Waals surface area contributed by atoms with Gasteiger partial charge in [-0.3, -0.25) is 0 Å². The van der Waals surface area contributed by atoms with E-state index in [2.05, 4.69) is 15.6 Å². The van der Waals surface area contributed by atoms with Gasteiger partial charge in [-0.25, -0.2) is 9.78 Å². The number of urea groups is 1. The van der Waals surface area contributed by atoms with Crippen LogP contribution in [0, 0.1) is 0 Å². The molecule has 2 N–H and O–H groups in total. The van der Waals surface area contributed by atoms with Crippen molar-refractivity contribution >= 4 is 23.1 Å². The van der Waals surface area contributed by atoms with Crippen molar-refractivity contribution in [3.8, 4) is 0 Å². The van der Waals surface area contributed by atoms with E-state index in [0.29, 0.717) is 13.2 Å². The first-order chi connectivity index (χ1) is 11.1. The van der Waals surface area contributed by atoms with Crippen molar-refractivity contribution in [1.82, 2.24) is 10.3 Å². The number of rotatable bonds is 7. The van der Waals surface area contributed by atoms with Crippen LogP contribution in [-0.2, 0) is 16.9 Å². The number of hydrogen-bond acceptors (Lipinski definition) is 4. The Labute approximate surface area is 141 Å². The molecular formula is C17H23N3O2S. The molecule has 0 aliphatic heterocycles. The third kappa shape index (κ3) is 4.53. The van der Waals surface area contributed by atoms with Crippen LogP contribution in [0.2, 0.25) is 0 Å². The number of para-hydroxylation sites is 1. The minimum absolute atomic E-state index is 0.242. The van der Waals surface area contributed by atoms with E-state index in [0.717, 1.165) is 22.7 Å². The lowest BCUT2D eigenvalue weighted by molar-refractivity contribution is 0.134. The van der Waals surface area contributed by atoms with Crippen molar-refractivity contribution in [2.75, 3.05) is 11.9 Å². The van der Waals surface area contributed by atoms with E-state index in [1.54, 1.807) is 17.5 Å². The predicted octanol–water partition coefficient (Wildman–Crippen LogP) is 4.13. The summed E-state index contributed by atoms with van der Waals surface area (Å²) in [5.41, 5.74) is 1.24. The highest BCUT2D eigenvalue weighted by atomic mass is 32.1. The van der Waals surface area contributed by atoms with Gasteiger partial charge >= 0.3 is 6.03 Å². The van der Waals surface area contributed by atoms with Crippen molar-refractivity contribution in [3.63, 3.8) is 0 Å². The third-order valence-electron chi connectivity index (χ3n) is 3.73. The Bertz CT molecular complexity index is 631. The van der Waals surface area contributed by atoms with Crippen molar-refractivity contribution < 1.29 is 9.53 Å². The van der Waals surface area contributed by atoms with Gasteiger partial charge < -0.3 is 15.4 Å². The fourth-order valence-electron chi connectivity index (χ4n) is 2.17. The van der Waals surface area contributed by atoms with Crippen LogP contribution in [0.15, 0.2) is 35.8 Å². The molecule has 2 amide bonds. The van der Waals surface area contributed by atoms with Crippen LogP contribution in [0.4, 0.5) is 10.5 Å². The summed E-state index contributed by atoms with van der Waals surface area (Å²) in [5.74, 6) is 0. The number of carbonyl (C=O) groups is 1. The second kappa shape index (κ2) is 8.08. The van der Waals surface area contributed by atoms with Crippen LogP contribution in [0.25, 0.3) is 0 Å². The second-order valence-corrected chi connectivity index (χ2v) is 6.29. The minimum Gasteiger partial charge on any atom is -0.377 e. The summed E-state index contributed by atoms with van der Waals surface area (Å²) in [6.45, 7) is 7.08. The van der Waals surface area contributed by atoms with Gasteiger partial charge in [0.15, 0.2) is 0 Å². The largest absolute Gasteiger partial charge is 0.377 e. The molecule has 1 aromatic heterocycles. The summed E-state index contributed by atoms with van der Waals surface area (Å²) < 4.78 is 5.44. The Kier molecular flexibility index (Phi) is 6.12. The maximum atomic E-state index is 12.4. The highest BCUT2D eigenvalue weighted by Crippen LogP contribution is 2.26. The molecule has 23 heavy (non-hydrogen) atoms. The molecule has 6 heteroatoms. The van der Waals surface area contributed by atoms with Gasteiger partial charge in [0.05, 0.1) is 12.1 Å². The van der Waals surface area contributed by atoms with Gasteiger partial charge in [-0.05, 0) is 26.3 Å². The molecule has 5 nitrogen and oxygen atoms in total. The van der Waals surface area contributed by atoms with Crippen LogP contribution in [0.5, 0.6) is 0 Å². The van der Waals surface area contributed by atoms with Crippen LogP contribution in [0.1, 0.15) is 37.8 Å². The Balaban J connectivity index is 2.07. The van der Waals surface area contributed by atoms with Crippen LogP contribution in [-0.4, -0.2) is 17.6 Å². The standard InChI is InChI=1S/C17H23N3O2S/c1-4-17(3,15-18-10-11-23-15)20-16(21)19-14-9-7-6-8-13(14)12-22-5-2/h6-11H,4-5,12H2,1-3H3,(H2,19,20,21). The molecule has 1 heterocycles. The van der Waals surface area contributed by atoms with Gasteiger partial charge in [-0.15, -0.1) is 11.3 Å². The first-order valence-corrected chi connectivity index (χ1v) is 8.61. The number of ether oxygens (including phenoxy) is 1. The number of amides is 2. The normalized spacial score (nSPS) is 13.3. The fraction of sp³-hybridized carbons (Fsp3) is 0.412. The quantitative estimate of drug-likeness (QED) is 0.801. The van der Waals surface area contributed by atoms with Crippen molar-refractivity contribution in [2.45, 2.75) is 39.3 Å². The zero-order valence-electron chi connectivity index (χ0n) is 13.8. The van der Waals surface area contributed by atoms with Gasteiger partial charge in [-0.1, -0.05) is 25.1 Å². The minimum atomic E-state index is -0.479. The van der Waals surface area contributed by atoms with Gasteiger partial charge in [0.2, 0.25) is 0 Å². The average Bonchev–Trinajstić information content (AvgIpc) is 3.09. The van der Waals surface area contributed by atoms with Crippen LogP contribution in [0.3, 0.4) is 0 Å². The lowest BCUT2D eigenvalue weighted by atomic mass is 10.0. The molecule has 0 fully saturated rings. The average molecular weight is 333 g/mol. The number of anilines is 1. The van der Waals surface area contributed by atoms with E-state index in [4.69, 9.17) is 4.74 Å². The maximum absolute atomic E-state index is 12.4. The Morgan fingerprint density at radius 2 is 2.13 bits per heavy atom. The second-order valence-electron chi connectivity index (χ2n) is 5.40. The number of benzene rings is 1. The number of nitrogens with one attached hydrogen (secondary N) is 2. The molecular weight excluding hydrogens is 310 g/mol. The van der Waals surface area contributed by atoms with E-state index < -0.39 is 5.54 Å². The van der Waals surface area contributed by atoms with Gasteiger partial charge in [0, 0.05) is 29.4 Å². The van der Waals surface area contributed by atoms with Gasteiger partial charge in [0.1, 0.15) is 5.01 Å². The van der Waals surface area contributed by atoms with E-state index in [1.807, 2.05) is 50.4 Å². The molecule has 1 aromatic carbocycles. The molecule has 0 aliphatic rings. The molecule has 1 atom stereocenters. The number of carbonyl (C=O) groups excluding carboxylic acids is 1. The molecule has 0 radical (unpaired) electrons. The Hall–Kier alpha value is -1.92. The summed E-state index contributed by atoms with van der Waals surface area (Å²) in [6.07, 6.45) is 2.51. The molecule has 0 spiro atoms. The Morgan fingerprint density at radius 3 is 2.78 bits per heavy atom. The maximum Gasteiger partial charge on any atom is 0.320 e. The molecule has 0 saturated heterocycles. The monoisotopic (exact) mass is 333 g/mol. The van der Waals surface area contributed by atoms with Crippen molar-refractivity contribution in [1.29, 1.82) is 0 Å².